The molecular formula is C14H17F3O2. The number of halogens is 3. The molecule has 0 radical (unpaired) electrons. The molecule has 0 aliphatic rings. The Morgan fingerprint density at radius 2 is 1.74 bits per heavy atom. The topological polar surface area (TPSA) is 37.3 Å². The Balaban J connectivity index is 3.35. The summed E-state index contributed by atoms with van der Waals surface area (Å²) in [6.07, 6.45) is -4.80. The van der Waals surface area contributed by atoms with Gasteiger partial charge in [-0.05, 0) is 23.0 Å². The fourth-order valence-corrected chi connectivity index (χ4v) is 2.12. The molecule has 1 unspecified atom stereocenters. The van der Waals surface area contributed by atoms with Crippen molar-refractivity contribution in [2.75, 3.05) is 0 Å². The lowest BCUT2D eigenvalue weighted by molar-refractivity contribution is -0.141. The first kappa shape index (κ1) is 15.5. The zero-order valence-corrected chi connectivity index (χ0v) is 11.1. The Labute approximate surface area is 110 Å². The third kappa shape index (κ3) is 3.98. The maximum atomic E-state index is 13.0. The molecule has 1 aromatic rings. The summed E-state index contributed by atoms with van der Waals surface area (Å²) in [4.78, 5) is 10.9. The van der Waals surface area contributed by atoms with Gasteiger partial charge < -0.3 is 5.11 Å². The predicted octanol–water partition coefficient (Wildman–Crippen LogP) is 4.31. The molecule has 1 atom stereocenters. The molecule has 0 aromatic heterocycles. The smallest absolute Gasteiger partial charge is 0.416 e. The normalized spacial score (nSPS) is 14.2. The first-order valence-electron chi connectivity index (χ1n) is 5.91. The maximum absolute atomic E-state index is 13.0. The van der Waals surface area contributed by atoms with Gasteiger partial charge in [-0.1, -0.05) is 39.0 Å². The summed E-state index contributed by atoms with van der Waals surface area (Å²) in [6.45, 7) is 5.23. The van der Waals surface area contributed by atoms with Crippen molar-refractivity contribution in [3.63, 3.8) is 0 Å². The van der Waals surface area contributed by atoms with Gasteiger partial charge in [0.05, 0.1) is 12.0 Å². The largest absolute Gasteiger partial charge is 0.481 e. The Morgan fingerprint density at radius 3 is 2.16 bits per heavy atom. The van der Waals surface area contributed by atoms with E-state index in [0.717, 1.165) is 6.07 Å². The number of alkyl halides is 3. The summed E-state index contributed by atoms with van der Waals surface area (Å²) < 4.78 is 39.0. The van der Waals surface area contributed by atoms with Crippen LogP contribution in [0.2, 0.25) is 0 Å². The Morgan fingerprint density at radius 1 is 1.21 bits per heavy atom. The second-order valence-electron chi connectivity index (χ2n) is 5.60. The van der Waals surface area contributed by atoms with E-state index in [-0.39, 0.29) is 12.0 Å². The molecule has 0 fully saturated rings. The van der Waals surface area contributed by atoms with E-state index in [1.54, 1.807) is 20.8 Å². The van der Waals surface area contributed by atoms with Crippen LogP contribution in [0.3, 0.4) is 0 Å². The number of hydrogen-bond donors (Lipinski definition) is 1. The van der Waals surface area contributed by atoms with E-state index in [4.69, 9.17) is 5.11 Å². The Bertz CT molecular complexity index is 458. The van der Waals surface area contributed by atoms with Crippen LogP contribution >= 0.6 is 0 Å². The molecule has 2 nitrogen and oxygen atoms in total. The molecule has 1 rings (SSSR count). The highest BCUT2D eigenvalue weighted by Crippen LogP contribution is 2.43. The number of hydrogen-bond acceptors (Lipinski definition) is 1. The summed E-state index contributed by atoms with van der Waals surface area (Å²) in [5, 5.41) is 8.92. The molecule has 5 heteroatoms. The summed E-state index contributed by atoms with van der Waals surface area (Å²) in [5.74, 6) is -1.79. The minimum absolute atomic E-state index is 0.0462. The number of aliphatic carboxylic acids is 1. The first-order valence-corrected chi connectivity index (χ1v) is 5.91. The highest BCUT2D eigenvalue weighted by Gasteiger charge is 2.38. The van der Waals surface area contributed by atoms with Gasteiger partial charge in [0.2, 0.25) is 0 Å². The van der Waals surface area contributed by atoms with Gasteiger partial charge in [0.15, 0.2) is 0 Å². The minimum atomic E-state index is -4.47. The zero-order chi connectivity index (χ0) is 14.8. The molecule has 106 valence electrons. The lowest BCUT2D eigenvalue weighted by Crippen LogP contribution is -2.24. The van der Waals surface area contributed by atoms with Gasteiger partial charge in [-0.15, -0.1) is 0 Å². The molecule has 0 spiro atoms. The lowest BCUT2D eigenvalue weighted by atomic mass is 9.73. The van der Waals surface area contributed by atoms with Crippen LogP contribution in [0.25, 0.3) is 0 Å². The first-order chi connectivity index (χ1) is 8.53. The summed E-state index contributed by atoms with van der Waals surface area (Å²) in [5.41, 5.74) is -1.28. The van der Waals surface area contributed by atoms with E-state index in [1.807, 2.05) is 0 Å². The lowest BCUT2D eigenvalue weighted by Gasteiger charge is -2.31. The highest BCUT2D eigenvalue weighted by atomic mass is 19.4. The summed E-state index contributed by atoms with van der Waals surface area (Å²) in [7, 11) is 0. The van der Waals surface area contributed by atoms with Crippen LogP contribution in [0.15, 0.2) is 24.3 Å². The van der Waals surface area contributed by atoms with E-state index in [0.29, 0.717) is 0 Å². The van der Waals surface area contributed by atoms with E-state index in [2.05, 4.69) is 0 Å². The van der Waals surface area contributed by atoms with Crippen molar-refractivity contribution in [3.8, 4) is 0 Å². The average Bonchev–Trinajstić information content (AvgIpc) is 2.23. The maximum Gasteiger partial charge on any atom is 0.416 e. The zero-order valence-electron chi connectivity index (χ0n) is 11.1. The number of rotatable bonds is 3. The van der Waals surface area contributed by atoms with Crippen molar-refractivity contribution in [2.24, 2.45) is 5.41 Å². The van der Waals surface area contributed by atoms with Crippen LogP contribution in [0.5, 0.6) is 0 Å². The molecular weight excluding hydrogens is 257 g/mol. The molecule has 0 aliphatic heterocycles. The van der Waals surface area contributed by atoms with Gasteiger partial charge in [-0.25, -0.2) is 0 Å². The van der Waals surface area contributed by atoms with E-state index in [1.165, 1.54) is 18.2 Å². The SMILES string of the molecule is CC(C)(C)C(CC(=O)O)c1ccccc1C(F)(F)F. The van der Waals surface area contributed by atoms with E-state index in [9.17, 15) is 18.0 Å². The predicted molar refractivity (Wildman–Crippen MR) is 65.9 cm³/mol. The molecule has 0 heterocycles. The van der Waals surface area contributed by atoms with Crippen LogP contribution in [0.4, 0.5) is 13.2 Å². The van der Waals surface area contributed by atoms with Crippen LogP contribution < -0.4 is 0 Å². The summed E-state index contributed by atoms with van der Waals surface area (Å²) >= 11 is 0. The molecule has 0 saturated carbocycles. The van der Waals surface area contributed by atoms with Gasteiger partial charge in [0, 0.05) is 0 Å². The van der Waals surface area contributed by atoms with Crippen LogP contribution in [-0.2, 0) is 11.0 Å². The molecule has 1 N–H and O–H groups in total. The molecule has 0 amide bonds. The number of benzene rings is 1. The minimum Gasteiger partial charge on any atom is -0.481 e. The highest BCUT2D eigenvalue weighted by molar-refractivity contribution is 5.68. The molecule has 0 bridgehead atoms. The number of carbonyl (C=O) groups is 1. The standard InChI is InChI=1S/C14H17F3O2/c1-13(2,3)11(8-12(18)19)9-6-4-5-7-10(9)14(15,16)17/h4-7,11H,8H2,1-3H3,(H,18,19). The van der Waals surface area contributed by atoms with Crippen molar-refractivity contribution >= 4 is 5.97 Å². The van der Waals surface area contributed by atoms with E-state index >= 15 is 0 Å². The third-order valence-corrected chi connectivity index (χ3v) is 3.07. The Hall–Kier alpha value is -1.52. The van der Waals surface area contributed by atoms with Gasteiger partial charge in [0.1, 0.15) is 0 Å². The van der Waals surface area contributed by atoms with Crippen LogP contribution in [0, 0.1) is 5.41 Å². The second-order valence-corrected chi connectivity index (χ2v) is 5.60. The van der Waals surface area contributed by atoms with Gasteiger partial charge >= 0.3 is 12.1 Å². The third-order valence-electron chi connectivity index (χ3n) is 3.07. The second kappa shape index (κ2) is 5.23. The molecule has 0 aliphatic carbocycles. The molecule has 19 heavy (non-hydrogen) atoms. The van der Waals surface area contributed by atoms with Gasteiger partial charge in [-0.2, -0.15) is 13.2 Å². The van der Waals surface area contributed by atoms with Crippen molar-refractivity contribution in [2.45, 2.75) is 39.3 Å². The van der Waals surface area contributed by atoms with Crippen molar-refractivity contribution in [1.82, 2.24) is 0 Å². The van der Waals surface area contributed by atoms with Crippen LogP contribution in [-0.4, -0.2) is 11.1 Å². The summed E-state index contributed by atoms with van der Waals surface area (Å²) in [6, 6.07) is 5.18. The monoisotopic (exact) mass is 274 g/mol. The number of carboxylic acids is 1. The van der Waals surface area contributed by atoms with Crippen LogP contribution in [0.1, 0.15) is 44.2 Å². The van der Waals surface area contributed by atoms with E-state index < -0.39 is 29.0 Å². The fourth-order valence-electron chi connectivity index (χ4n) is 2.12. The van der Waals surface area contributed by atoms with Crippen molar-refractivity contribution < 1.29 is 23.1 Å². The van der Waals surface area contributed by atoms with Gasteiger partial charge in [0.25, 0.3) is 0 Å². The molecule has 0 saturated heterocycles. The van der Waals surface area contributed by atoms with Crippen molar-refractivity contribution in [3.05, 3.63) is 35.4 Å². The van der Waals surface area contributed by atoms with Gasteiger partial charge in [-0.3, -0.25) is 4.79 Å². The van der Waals surface area contributed by atoms with Crippen molar-refractivity contribution in [1.29, 1.82) is 0 Å². The fraction of sp³-hybridized carbons (Fsp3) is 0.500. The quantitative estimate of drug-likeness (QED) is 0.891. The average molecular weight is 274 g/mol. The number of carboxylic acid groups (broad SMARTS) is 1. The Kier molecular flexibility index (Phi) is 4.28. The molecule has 1 aromatic carbocycles.